The van der Waals surface area contributed by atoms with Crippen LogP contribution in [0.15, 0.2) is 6.20 Å². The van der Waals surface area contributed by atoms with E-state index in [-0.39, 0.29) is 5.54 Å². The summed E-state index contributed by atoms with van der Waals surface area (Å²) in [6.07, 6.45) is 6.04. The molecule has 0 aliphatic heterocycles. The number of nitrogens with zero attached hydrogens (tertiary/aromatic N) is 1. The SMILES string of the molecule is CCC1(Nc2ncc(C(=O)O)s2)CCC1. The van der Waals surface area contributed by atoms with Crippen molar-refractivity contribution in [1.29, 1.82) is 0 Å². The van der Waals surface area contributed by atoms with Crippen LogP contribution in [0.5, 0.6) is 0 Å². The minimum atomic E-state index is -0.903. The third-order valence-electron chi connectivity index (χ3n) is 3.08. The summed E-state index contributed by atoms with van der Waals surface area (Å²) in [6.45, 7) is 2.15. The zero-order valence-electron chi connectivity index (χ0n) is 8.62. The molecule has 15 heavy (non-hydrogen) atoms. The molecule has 0 saturated heterocycles. The fraction of sp³-hybridized carbons (Fsp3) is 0.600. The van der Waals surface area contributed by atoms with Crippen LogP contribution in [0.4, 0.5) is 5.13 Å². The molecule has 2 rings (SSSR count). The van der Waals surface area contributed by atoms with E-state index in [1.54, 1.807) is 0 Å². The Hall–Kier alpha value is -1.10. The fourth-order valence-corrected chi connectivity index (χ4v) is 2.60. The third-order valence-corrected chi connectivity index (χ3v) is 3.98. The van der Waals surface area contributed by atoms with Gasteiger partial charge in [-0.3, -0.25) is 0 Å². The van der Waals surface area contributed by atoms with Crippen molar-refractivity contribution in [3.8, 4) is 0 Å². The van der Waals surface area contributed by atoms with Crippen molar-refractivity contribution in [2.24, 2.45) is 0 Å². The first kappa shape index (κ1) is 10.4. The van der Waals surface area contributed by atoms with Gasteiger partial charge in [0.1, 0.15) is 4.88 Å². The van der Waals surface area contributed by atoms with Gasteiger partial charge in [0.15, 0.2) is 5.13 Å². The first-order valence-electron chi connectivity index (χ1n) is 5.12. The molecule has 1 fully saturated rings. The molecule has 2 N–H and O–H groups in total. The van der Waals surface area contributed by atoms with Crippen molar-refractivity contribution < 1.29 is 9.90 Å². The summed E-state index contributed by atoms with van der Waals surface area (Å²) >= 11 is 1.21. The minimum absolute atomic E-state index is 0.174. The quantitative estimate of drug-likeness (QED) is 0.828. The minimum Gasteiger partial charge on any atom is -0.477 e. The number of nitrogens with one attached hydrogen (secondary N) is 1. The standard InChI is InChI=1S/C10H14N2O2S/c1-2-10(4-3-5-10)12-9-11-6-7(15-9)8(13)14/h6H,2-5H2,1H3,(H,11,12)(H,13,14). The summed E-state index contributed by atoms with van der Waals surface area (Å²) in [5, 5.41) is 12.9. The van der Waals surface area contributed by atoms with Gasteiger partial charge in [-0.1, -0.05) is 18.3 Å². The molecule has 82 valence electrons. The Morgan fingerprint density at radius 3 is 2.87 bits per heavy atom. The summed E-state index contributed by atoms with van der Waals surface area (Å²) in [7, 11) is 0. The van der Waals surface area contributed by atoms with Gasteiger partial charge in [0.25, 0.3) is 0 Å². The topological polar surface area (TPSA) is 62.2 Å². The van der Waals surface area contributed by atoms with E-state index in [2.05, 4.69) is 17.2 Å². The highest BCUT2D eigenvalue weighted by molar-refractivity contribution is 7.17. The molecule has 0 bridgehead atoms. The number of carboxylic acids is 1. The molecule has 5 heteroatoms. The Morgan fingerprint density at radius 1 is 1.73 bits per heavy atom. The van der Waals surface area contributed by atoms with E-state index < -0.39 is 5.97 Å². The van der Waals surface area contributed by atoms with E-state index in [1.807, 2.05) is 0 Å². The van der Waals surface area contributed by atoms with Gasteiger partial charge in [0.05, 0.1) is 6.20 Å². The maximum absolute atomic E-state index is 10.7. The number of rotatable bonds is 4. The number of aromatic nitrogens is 1. The van der Waals surface area contributed by atoms with Crippen LogP contribution >= 0.6 is 11.3 Å². The smallest absolute Gasteiger partial charge is 0.347 e. The Balaban J connectivity index is 2.07. The molecule has 0 radical (unpaired) electrons. The molecule has 0 aromatic carbocycles. The van der Waals surface area contributed by atoms with E-state index >= 15 is 0 Å². The summed E-state index contributed by atoms with van der Waals surface area (Å²) in [5.74, 6) is -0.903. The maximum Gasteiger partial charge on any atom is 0.347 e. The van der Waals surface area contributed by atoms with Crippen LogP contribution in [-0.4, -0.2) is 21.6 Å². The summed E-state index contributed by atoms with van der Waals surface area (Å²) in [5.41, 5.74) is 0.174. The van der Waals surface area contributed by atoms with Crippen molar-refractivity contribution >= 4 is 22.4 Å². The zero-order chi connectivity index (χ0) is 10.9. The molecule has 4 nitrogen and oxygen atoms in total. The summed E-state index contributed by atoms with van der Waals surface area (Å²) in [6, 6.07) is 0. The number of thiazole rings is 1. The first-order chi connectivity index (χ1) is 7.15. The van der Waals surface area contributed by atoms with E-state index in [0.717, 1.165) is 24.4 Å². The average molecular weight is 226 g/mol. The lowest BCUT2D eigenvalue weighted by molar-refractivity contribution is 0.0702. The Labute approximate surface area is 92.3 Å². The van der Waals surface area contributed by atoms with Crippen LogP contribution in [0.3, 0.4) is 0 Å². The molecule has 0 spiro atoms. The Morgan fingerprint density at radius 2 is 2.47 bits per heavy atom. The van der Waals surface area contributed by atoms with Crippen LogP contribution in [-0.2, 0) is 0 Å². The Bertz CT molecular complexity index is 366. The second kappa shape index (κ2) is 3.81. The van der Waals surface area contributed by atoms with Crippen LogP contribution in [0.2, 0.25) is 0 Å². The van der Waals surface area contributed by atoms with E-state index in [9.17, 15) is 4.79 Å². The molecule has 1 aromatic heterocycles. The second-order valence-corrected chi connectivity index (χ2v) is 4.98. The first-order valence-corrected chi connectivity index (χ1v) is 5.94. The van der Waals surface area contributed by atoms with Crippen LogP contribution in [0.1, 0.15) is 42.3 Å². The van der Waals surface area contributed by atoms with Crippen LogP contribution in [0.25, 0.3) is 0 Å². The molecular weight excluding hydrogens is 212 g/mol. The molecule has 1 aliphatic rings. The van der Waals surface area contributed by atoms with Gasteiger partial charge < -0.3 is 10.4 Å². The largest absolute Gasteiger partial charge is 0.477 e. The fourth-order valence-electron chi connectivity index (χ4n) is 1.83. The summed E-state index contributed by atoms with van der Waals surface area (Å²) in [4.78, 5) is 15.0. The molecule has 0 unspecified atom stereocenters. The lowest BCUT2D eigenvalue weighted by Crippen LogP contribution is -2.44. The van der Waals surface area contributed by atoms with Gasteiger partial charge >= 0.3 is 5.97 Å². The number of carbonyl (C=O) groups is 1. The predicted molar refractivity (Wildman–Crippen MR) is 59.6 cm³/mol. The maximum atomic E-state index is 10.7. The van der Waals surface area contributed by atoms with Crippen LogP contribution < -0.4 is 5.32 Å². The molecule has 0 atom stereocenters. The highest BCUT2D eigenvalue weighted by Gasteiger charge is 2.35. The Kier molecular flexibility index (Phi) is 2.65. The molecule has 1 heterocycles. The molecule has 1 aliphatic carbocycles. The number of hydrogen-bond acceptors (Lipinski definition) is 4. The number of aromatic carboxylic acids is 1. The predicted octanol–water partition coefficient (Wildman–Crippen LogP) is 2.59. The van der Waals surface area contributed by atoms with Gasteiger partial charge in [-0.2, -0.15) is 0 Å². The van der Waals surface area contributed by atoms with Gasteiger partial charge in [-0.05, 0) is 25.7 Å². The van der Waals surface area contributed by atoms with Gasteiger partial charge in [-0.25, -0.2) is 9.78 Å². The molecular formula is C10H14N2O2S. The van der Waals surface area contributed by atoms with Gasteiger partial charge in [0.2, 0.25) is 0 Å². The van der Waals surface area contributed by atoms with Crippen molar-refractivity contribution in [3.05, 3.63) is 11.1 Å². The van der Waals surface area contributed by atoms with E-state index in [4.69, 9.17) is 5.11 Å². The molecule has 1 saturated carbocycles. The van der Waals surface area contributed by atoms with E-state index in [0.29, 0.717) is 4.88 Å². The molecule has 1 aromatic rings. The van der Waals surface area contributed by atoms with Gasteiger partial charge in [0, 0.05) is 5.54 Å². The van der Waals surface area contributed by atoms with E-state index in [1.165, 1.54) is 24.0 Å². The zero-order valence-corrected chi connectivity index (χ0v) is 9.43. The van der Waals surface area contributed by atoms with Crippen molar-refractivity contribution in [2.75, 3.05) is 5.32 Å². The highest BCUT2D eigenvalue weighted by Crippen LogP contribution is 2.38. The second-order valence-electron chi connectivity index (χ2n) is 3.95. The lowest BCUT2D eigenvalue weighted by Gasteiger charge is -2.41. The van der Waals surface area contributed by atoms with Crippen molar-refractivity contribution in [3.63, 3.8) is 0 Å². The number of hydrogen-bond donors (Lipinski definition) is 2. The summed E-state index contributed by atoms with van der Waals surface area (Å²) < 4.78 is 0. The number of carboxylic acid groups (broad SMARTS) is 1. The monoisotopic (exact) mass is 226 g/mol. The van der Waals surface area contributed by atoms with Gasteiger partial charge in [-0.15, -0.1) is 0 Å². The third kappa shape index (κ3) is 1.97. The van der Waals surface area contributed by atoms with Crippen molar-refractivity contribution in [2.45, 2.75) is 38.1 Å². The van der Waals surface area contributed by atoms with Crippen molar-refractivity contribution in [1.82, 2.24) is 4.98 Å². The lowest BCUT2D eigenvalue weighted by atomic mass is 9.75. The highest BCUT2D eigenvalue weighted by atomic mass is 32.1. The molecule has 0 amide bonds. The normalized spacial score (nSPS) is 18.2. The van der Waals surface area contributed by atoms with Crippen LogP contribution in [0, 0.1) is 0 Å². The average Bonchev–Trinajstić information content (AvgIpc) is 2.59. The number of anilines is 1.